The van der Waals surface area contributed by atoms with Crippen molar-refractivity contribution in [2.24, 2.45) is 11.1 Å². The molecule has 1 fully saturated rings. The largest absolute Gasteiger partial charge is 0.390 e. The van der Waals surface area contributed by atoms with E-state index in [0.717, 1.165) is 6.42 Å². The van der Waals surface area contributed by atoms with Gasteiger partial charge in [0.25, 0.3) is 0 Å². The lowest BCUT2D eigenvalue weighted by Gasteiger charge is -2.40. The summed E-state index contributed by atoms with van der Waals surface area (Å²) in [7, 11) is 0. The van der Waals surface area contributed by atoms with E-state index >= 15 is 0 Å². The molecule has 1 unspecified atom stereocenters. The predicted octanol–water partition coefficient (Wildman–Crippen LogP) is 2.48. The molecule has 1 saturated carbocycles. The fourth-order valence-corrected chi connectivity index (χ4v) is 3.31. The molecule has 21 heavy (non-hydrogen) atoms. The van der Waals surface area contributed by atoms with Gasteiger partial charge in [-0.1, -0.05) is 57.0 Å². The molecule has 0 spiro atoms. The van der Waals surface area contributed by atoms with Crippen molar-refractivity contribution in [1.82, 2.24) is 5.32 Å². The van der Waals surface area contributed by atoms with E-state index in [1.165, 1.54) is 31.2 Å². The molecule has 1 aromatic carbocycles. The van der Waals surface area contributed by atoms with Gasteiger partial charge in [0.2, 0.25) is 0 Å². The summed E-state index contributed by atoms with van der Waals surface area (Å²) in [5.41, 5.74) is 7.65. The Hall–Kier alpha value is -0.900. The Kier molecular flexibility index (Phi) is 5.80. The third-order valence-electron chi connectivity index (χ3n) is 4.89. The van der Waals surface area contributed by atoms with Crippen LogP contribution in [-0.2, 0) is 6.42 Å². The first-order chi connectivity index (χ1) is 9.99. The molecule has 4 N–H and O–H groups in total. The summed E-state index contributed by atoms with van der Waals surface area (Å²) in [6.07, 6.45) is 5.29. The zero-order valence-electron chi connectivity index (χ0n) is 13.4. The summed E-state index contributed by atoms with van der Waals surface area (Å²) < 4.78 is 0. The molecule has 0 saturated heterocycles. The van der Waals surface area contributed by atoms with Crippen molar-refractivity contribution in [3.05, 3.63) is 35.9 Å². The van der Waals surface area contributed by atoms with Gasteiger partial charge < -0.3 is 16.2 Å². The summed E-state index contributed by atoms with van der Waals surface area (Å²) in [5, 5.41) is 13.8. The van der Waals surface area contributed by atoms with Crippen molar-refractivity contribution in [2.45, 2.75) is 64.1 Å². The van der Waals surface area contributed by atoms with Gasteiger partial charge in [0.15, 0.2) is 0 Å². The lowest BCUT2D eigenvalue weighted by Crippen LogP contribution is -2.50. The number of aliphatic hydroxyl groups is 1. The maximum atomic E-state index is 10.3. The fraction of sp³-hybridized carbons (Fsp3) is 0.667. The van der Waals surface area contributed by atoms with E-state index in [0.29, 0.717) is 18.0 Å². The Morgan fingerprint density at radius 1 is 1.29 bits per heavy atom. The predicted molar refractivity (Wildman–Crippen MR) is 88.2 cm³/mol. The molecule has 3 atom stereocenters. The number of hydrogen-bond donors (Lipinski definition) is 3. The highest BCUT2D eigenvalue weighted by atomic mass is 16.3. The maximum absolute atomic E-state index is 10.3. The number of nitrogens with two attached hydrogens (primary N) is 1. The monoisotopic (exact) mass is 290 g/mol. The minimum Gasteiger partial charge on any atom is -0.390 e. The molecule has 0 bridgehead atoms. The van der Waals surface area contributed by atoms with E-state index < -0.39 is 6.10 Å². The van der Waals surface area contributed by atoms with Crippen molar-refractivity contribution >= 4 is 0 Å². The first kappa shape index (κ1) is 16.5. The Bertz CT molecular complexity index is 418. The summed E-state index contributed by atoms with van der Waals surface area (Å²) in [6.45, 7) is 5.22. The van der Waals surface area contributed by atoms with Crippen molar-refractivity contribution in [3.63, 3.8) is 0 Å². The lowest BCUT2D eigenvalue weighted by atomic mass is 9.73. The van der Waals surface area contributed by atoms with E-state index in [2.05, 4.69) is 31.3 Å². The molecular weight excluding hydrogens is 260 g/mol. The molecule has 0 aromatic heterocycles. The van der Waals surface area contributed by atoms with E-state index in [-0.39, 0.29) is 6.04 Å². The van der Waals surface area contributed by atoms with Crippen LogP contribution in [0.5, 0.6) is 0 Å². The molecule has 0 aliphatic heterocycles. The molecule has 3 nitrogen and oxygen atoms in total. The quantitative estimate of drug-likeness (QED) is 0.754. The Morgan fingerprint density at radius 2 is 2.00 bits per heavy atom. The number of rotatable bonds is 6. The van der Waals surface area contributed by atoms with Gasteiger partial charge in [0.05, 0.1) is 6.10 Å². The number of hydrogen-bond acceptors (Lipinski definition) is 3. The minimum absolute atomic E-state index is 0.216. The molecule has 2 rings (SSSR count). The zero-order chi connectivity index (χ0) is 15.3. The Balaban J connectivity index is 1.79. The molecule has 1 aromatic rings. The van der Waals surface area contributed by atoms with Crippen LogP contribution >= 0.6 is 0 Å². The first-order valence-electron chi connectivity index (χ1n) is 8.20. The van der Waals surface area contributed by atoms with Gasteiger partial charge in [0.1, 0.15) is 0 Å². The van der Waals surface area contributed by atoms with E-state index in [4.69, 9.17) is 5.73 Å². The standard InChI is InChI=1S/C18H30N2O/c1-18(2)11-7-6-10-17(18)20-13-16(21)15(19)12-14-8-4-3-5-9-14/h3-5,8-9,15-17,20-21H,6-7,10-13,19H2,1-2H3/t15-,16+,17?/m0/s1. The lowest BCUT2D eigenvalue weighted by molar-refractivity contribution is 0.110. The Morgan fingerprint density at radius 3 is 2.67 bits per heavy atom. The van der Waals surface area contributed by atoms with Gasteiger partial charge in [0, 0.05) is 18.6 Å². The second-order valence-electron chi connectivity index (χ2n) is 7.12. The maximum Gasteiger partial charge on any atom is 0.0818 e. The molecule has 3 heteroatoms. The summed E-state index contributed by atoms with van der Waals surface area (Å²) in [6, 6.07) is 10.4. The number of benzene rings is 1. The molecular formula is C18H30N2O. The molecule has 118 valence electrons. The average molecular weight is 290 g/mol. The van der Waals surface area contributed by atoms with Crippen LogP contribution in [0, 0.1) is 5.41 Å². The zero-order valence-corrected chi connectivity index (χ0v) is 13.4. The third kappa shape index (κ3) is 4.80. The second-order valence-corrected chi connectivity index (χ2v) is 7.12. The first-order valence-corrected chi connectivity index (χ1v) is 8.20. The van der Waals surface area contributed by atoms with Gasteiger partial charge in [-0.2, -0.15) is 0 Å². The highest BCUT2D eigenvalue weighted by Gasteiger charge is 2.32. The third-order valence-corrected chi connectivity index (χ3v) is 4.89. The van der Waals surface area contributed by atoms with Crippen LogP contribution in [-0.4, -0.2) is 29.8 Å². The van der Waals surface area contributed by atoms with Crippen LogP contribution in [0.2, 0.25) is 0 Å². The number of aliphatic hydroxyl groups excluding tert-OH is 1. The second kappa shape index (κ2) is 7.39. The van der Waals surface area contributed by atoms with Crippen molar-refractivity contribution in [1.29, 1.82) is 0 Å². The molecule has 0 heterocycles. The highest BCUT2D eigenvalue weighted by molar-refractivity contribution is 5.16. The van der Waals surface area contributed by atoms with Crippen molar-refractivity contribution < 1.29 is 5.11 Å². The van der Waals surface area contributed by atoms with Gasteiger partial charge in [-0.05, 0) is 30.2 Å². The highest BCUT2D eigenvalue weighted by Crippen LogP contribution is 2.35. The van der Waals surface area contributed by atoms with Crippen LogP contribution in [0.15, 0.2) is 30.3 Å². The fourth-order valence-electron chi connectivity index (χ4n) is 3.31. The van der Waals surface area contributed by atoms with Gasteiger partial charge in [-0.3, -0.25) is 0 Å². The van der Waals surface area contributed by atoms with Gasteiger partial charge in [-0.25, -0.2) is 0 Å². The topological polar surface area (TPSA) is 58.3 Å². The molecule has 0 amide bonds. The molecule has 0 radical (unpaired) electrons. The van der Waals surface area contributed by atoms with E-state index in [1.807, 2.05) is 18.2 Å². The number of nitrogens with one attached hydrogen (secondary N) is 1. The van der Waals surface area contributed by atoms with Crippen molar-refractivity contribution in [3.8, 4) is 0 Å². The van der Waals surface area contributed by atoms with E-state index in [1.54, 1.807) is 0 Å². The van der Waals surface area contributed by atoms with Crippen LogP contribution in [0.3, 0.4) is 0 Å². The Labute approximate surface area is 128 Å². The SMILES string of the molecule is CC1(C)CCCCC1NC[C@@H](O)[C@@H](N)Cc1ccccc1. The minimum atomic E-state index is -0.497. The summed E-state index contributed by atoms with van der Waals surface area (Å²) >= 11 is 0. The summed E-state index contributed by atoms with van der Waals surface area (Å²) in [5.74, 6) is 0. The van der Waals surface area contributed by atoms with Crippen LogP contribution in [0.1, 0.15) is 45.1 Å². The van der Waals surface area contributed by atoms with Crippen LogP contribution < -0.4 is 11.1 Å². The average Bonchev–Trinajstić information content (AvgIpc) is 2.46. The normalized spacial score (nSPS) is 24.5. The molecule has 1 aliphatic carbocycles. The van der Waals surface area contributed by atoms with Gasteiger partial charge >= 0.3 is 0 Å². The molecule has 1 aliphatic rings. The smallest absolute Gasteiger partial charge is 0.0818 e. The summed E-state index contributed by atoms with van der Waals surface area (Å²) in [4.78, 5) is 0. The van der Waals surface area contributed by atoms with Crippen molar-refractivity contribution in [2.75, 3.05) is 6.54 Å². The van der Waals surface area contributed by atoms with Gasteiger partial charge in [-0.15, -0.1) is 0 Å². The van der Waals surface area contributed by atoms with Crippen LogP contribution in [0.4, 0.5) is 0 Å². The van der Waals surface area contributed by atoms with Crippen LogP contribution in [0.25, 0.3) is 0 Å². The van der Waals surface area contributed by atoms with E-state index in [9.17, 15) is 5.11 Å².